The van der Waals surface area contributed by atoms with E-state index in [-0.39, 0.29) is 18.2 Å². The second-order valence-electron chi connectivity index (χ2n) is 8.89. The molecule has 170 valence electrons. The molecule has 1 aliphatic carbocycles. The van der Waals surface area contributed by atoms with E-state index in [0.29, 0.717) is 25.6 Å². The van der Waals surface area contributed by atoms with E-state index >= 15 is 0 Å². The Hall–Kier alpha value is -2.86. The van der Waals surface area contributed by atoms with Crippen molar-refractivity contribution in [3.05, 3.63) is 65.7 Å². The van der Waals surface area contributed by atoms with Gasteiger partial charge in [0.05, 0.1) is 19.6 Å². The highest BCUT2D eigenvalue weighted by atomic mass is 16.5. The Balaban J connectivity index is 1.46. The predicted molar refractivity (Wildman–Crippen MR) is 124 cm³/mol. The quantitative estimate of drug-likeness (QED) is 0.657. The summed E-state index contributed by atoms with van der Waals surface area (Å²) in [7, 11) is 1.65. The Labute approximate surface area is 190 Å². The number of carbonyl (C=O) groups excluding carboxylic acids is 2. The number of hydrogen-bond donors (Lipinski definition) is 1. The number of nitrogens with one attached hydrogen (secondary N) is 1. The minimum absolute atomic E-state index is 0.0541. The summed E-state index contributed by atoms with van der Waals surface area (Å²) in [5, 5.41) is 2.95. The predicted octanol–water partition coefficient (Wildman–Crippen LogP) is 3.21. The molecule has 6 heteroatoms. The lowest BCUT2D eigenvalue weighted by atomic mass is 9.85. The molecule has 1 N–H and O–H groups in total. The lowest BCUT2D eigenvalue weighted by Gasteiger charge is -2.37. The zero-order chi connectivity index (χ0) is 22.3. The van der Waals surface area contributed by atoms with E-state index in [0.717, 1.165) is 30.0 Å². The average Bonchev–Trinajstić information content (AvgIpc) is 2.78. The van der Waals surface area contributed by atoms with Crippen LogP contribution in [0.2, 0.25) is 0 Å². The molecule has 0 bridgehead atoms. The van der Waals surface area contributed by atoms with Gasteiger partial charge in [-0.25, -0.2) is 0 Å². The van der Waals surface area contributed by atoms with Gasteiger partial charge >= 0.3 is 0 Å². The standard InChI is InChI=1S/C26H33N3O3/c1-32-23-12-6-11-22(15-23)19-28-14-13-27-26(31)24(28)16-25(30)29(18-21-9-5-10-21)17-20-7-3-2-4-8-20/h2-4,6-8,11-12,15,21,24H,5,9-10,13-14,16-19H2,1H3,(H,27,31). The number of nitrogens with zero attached hydrogens (tertiary/aromatic N) is 2. The molecule has 1 saturated carbocycles. The van der Waals surface area contributed by atoms with Crippen LogP contribution in [0.3, 0.4) is 0 Å². The average molecular weight is 436 g/mol. The monoisotopic (exact) mass is 435 g/mol. The summed E-state index contributed by atoms with van der Waals surface area (Å²) in [5.74, 6) is 1.37. The molecule has 2 fully saturated rings. The van der Waals surface area contributed by atoms with Crippen molar-refractivity contribution < 1.29 is 14.3 Å². The van der Waals surface area contributed by atoms with Gasteiger partial charge in [0.25, 0.3) is 0 Å². The van der Waals surface area contributed by atoms with Crippen LogP contribution in [0.5, 0.6) is 5.75 Å². The minimum Gasteiger partial charge on any atom is -0.497 e. The van der Waals surface area contributed by atoms with Gasteiger partial charge in [0.1, 0.15) is 5.75 Å². The zero-order valence-electron chi connectivity index (χ0n) is 18.8. The van der Waals surface area contributed by atoms with Crippen LogP contribution in [0, 0.1) is 5.92 Å². The molecule has 2 aromatic carbocycles. The number of benzene rings is 2. The second-order valence-corrected chi connectivity index (χ2v) is 8.89. The molecule has 6 nitrogen and oxygen atoms in total. The van der Waals surface area contributed by atoms with E-state index in [4.69, 9.17) is 4.74 Å². The molecule has 1 atom stereocenters. The molecule has 2 amide bonds. The van der Waals surface area contributed by atoms with Gasteiger partial charge in [0, 0.05) is 32.7 Å². The van der Waals surface area contributed by atoms with Crippen molar-refractivity contribution in [2.45, 2.75) is 44.8 Å². The molecule has 0 spiro atoms. The van der Waals surface area contributed by atoms with Gasteiger partial charge in [-0.15, -0.1) is 0 Å². The van der Waals surface area contributed by atoms with Crippen molar-refractivity contribution in [2.75, 3.05) is 26.7 Å². The number of piperazine rings is 1. The smallest absolute Gasteiger partial charge is 0.237 e. The minimum atomic E-state index is -0.456. The van der Waals surface area contributed by atoms with Crippen LogP contribution < -0.4 is 10.1 Å². The Morgan fingerprint density at radius 1 is 1.12 bits per heavy atom. The first-order chi connectivity index (χ1) is 15.6. The number of methoxy groups -OCH3 is 1. The number of ether oxygens (including phenoxy) is 1. The van der Waals surface area contributed by atoms with E-state index in [2.05, 4.69) is 22.3 Å². The van der Waals surface area contributed by atoms with Crippen LogP contribution in [0.25, 0.3) is 0 Å². The molecular weight excluding hydrogens is 402 g/mol. The lowest BCUT2D eigenvalue weighted by molar-refractivity contribution is -0.140. The van der Waals surface area contributed by atoms with Gasteiger partial charge in [0.2, 0.25) is 11.8 Å². The number of amides is 2. The van der Waals surface area contributed by atoms with Crippen LogP contribution in [0.15, 0.2) is 54.6 Å². The van der Waals surface area contributed by atoms with Gasteiger partial charge in [-0.2, -0.15) is 0 Å². The Bertz CT molecular complexity index is 914. The third-order valence-corrected chi connectivity index (χ3v) is 6.60. The molecule has 0 aromatic heterocycles. The van der Waals surface area contributed by atoms with Crippen molar-refractivity contribution >= 4 is 11.8 Å². The summed E-state index contributed by atoms with van der Waals surface area (Å²) in [6.07, 6.45) is 3.82. The van der Waals surface area contributed by atoms with Crippen molar-refractivity contribution in [3.63, 3.8) is 0 Å². The maximum atomic E-state index is 13.4. The van der Waals surface area contributed by atoms with E-state index in [1.54, 1.807) is 7.11 Å². The Kier molecular flexibility index (Phi) is 7.43. The van der Waals surface area contributed by atoms with Crippen molar-refractivity contribution in [2.24, 2.45) is 5.92 Å². The summed E-state index contributed by atoms with van der Waals surface area (Å²) >= 11 is 0. The molecular formula is C26H33N3O3. The third-order valence-electron chi connectivity index (χ3n) is 6.60. The van der Waals surface area contributed by atoms with Crippen LogP contribution >= 0.6 is 0 Å². The molecule has 1 saturated heterocycles. The largest absolute Gasteiger partial charge is 0.497 e. The van der Waals surface area contributed by atoms with Crippen LogP contribution in [-0.4, -0.2) is 54.4 Å². The Morgan fingerprint density at radius 3 is 2.62 bits per heavy atom. The van der Waals surface area contributed by atoms with E-state index in [9.17, 15) is 9.59 Å². The molecule has 0 radical (unpaired) electrons. The molecule has 1 aliphatic heterocycles. The maximum absolute atomic E-state index is 13.4. The van der Waals surface area contributed by atoms with Gasteiger partial charge in [-0.05, 0) is 42.0 Å². The highest BCUT2D eigenvalue weighted by Gasteiger charge is 2.34. The highest BCUT2D eigenvalue weighted by molar-refractivity contribution is 5.88. The lowest BCUT2D eigenvalue weighted by Crippen LogP contribution is -2.56. The van der Waals surface area contributed by atoms with Gasteiger partial charge in [-0.3, -0.25) is 14.5 Å². The number of rotatable bonds is 9. The fourth-order valence-electron chi connectivity index (χ4n) is 4.52. The van der Waals surface area contributed by atoms with Gasteiger partial charge in [-0.1, -0.05) is 48.9 Å². The fourth-order valence-corrected chi connectivity index (χ4v) is 4.52. The SMILES string of the molecule is COc1cccc(CN2CCNC(=O)C2CC(=O)N(Cc2ccccc2)CC2CCC2)c1. The molecule has 32 heavy (non-hydrogen) atoms. The fraction of sp³-hybridized carbons (Fsp3) is 0.462. The first-order valence-electron chi connectivity index (χ1n) is 11.6. The second kappa shape index (κ2) is 10.6. The molecule has 1 heterocycles. The summed E-state index contributed by atoms with van der Waals surface area (Å²) in [5.41, 5.74) is 2.20. The first-order valence-corrected chi connectivity index (χ1v) is 11.6. The zero-order valence-corrected chi connectivity index (χ0v) is 18.8. The topological polar surface area (TPSA) is 61.9 Å². The van der Waals surface area contributed by atoms with E-state index in [1.165, 1.54) is 19.3 Å². The molecule has 4 rings (SSSR count). The highest BCUT2D eigenvalue weighted by Crippen LogP contribution is 2.28. The van der Waals surface area contributed by atoms with E-state index in [1.807, 2.05) is 47.4 Å². The first kappa shape index (κ1) is 22.3. The number of carbonyl (C=O) groups is 2. The van der Waals surface area contributed by atoms with Crippen LogP contribution in [0.4, 0.5) is 0 Å². The Morgan fingerprint density at radius 2 is 1.91 bits per heavy atom. The van der Waals surface area contributed by atoms with Crippen LogP contribution in [-0.2, 0) is 22.7 Å². The summed E-state index contributed by atoms with van der Waals surface area (Å²) in [6, 6.07) is 17.6. The van der Waals surface area contributed by atoms with Gasteiger partial charge < -0.3 is 15.0 Å². The summed E-state index contributed by atoms with van der Waals surface area (Å²) in [4.78, 5) is 30.3. The maximum Gasteiger partial charge on any atom is 0.237 e. The third kappa shape index (κ3) is 5.68. The summed E-state index contributed by atoms with van der Waals surface area (Å²) < 4.78 is 5.34. The number of hydrogen-bond acceptors (Lipinski definition) is 4. The van der Waals surface area contributed by atoms with E-state index < -0.39 is 6.04 Å². The van der Waals surface area contributed by atoms with Crippen molar-refractivity contribution in [1.82, 2.24) is 15.1 Å². The molecule has 1 unspecified atom stereocenters. The molecule has 2 aromatic rings. The molecule has 2 aliphatic rings. The van der Waals surface area contributed by atoms with Gasteiger partial charge in [0.15, 0.2) is 0 Å². The van der Waals surface area contributed by atoms with Crippen molar-refractivity contribution in [1.29, 1.82) is 0 Å². The van der Waals surface area contributed by atoms with Crippen molar-refractivity contribution in [3.8, 4) is 5.75 Å². The summed E-state index contributed by atoms with van der Waals surface area (Å²) in [6.45, 7) is 3.31. The normalized spacial score (nSPS) is 19.2. The van der Waals surface area contributed by atoms with Crippen LogP contribution in [0.1, 0.15) is 36.8 Å².